The van der Waals surface area contributed by atoms with Gasteiger partial charge in [-0.3, -0.25) is 0 Å². The summed E-state index contributed by atoms with van der Waals surface area (Å²) < 4.78 is 19.6. The second kappa shape index (κ2) is 5.83. The van der Waals surface area contributed by atoms with E-state index in [0.717, 1.165) is 0 Å². The van der Waals surface area contributed by atoms with Gasteiger partial charge in [-0.25, -0.2) is 20.2 Å². The van der Waals surface area contributed by atoms with Gasteiger partial charge in [0, 0.05) is 0 Å². The lowest BCUT2D eigenvalue weighted by Gasteiger charge is -2.16. The van der Waals surface area contributed by atoms with Crippen LogP contribution in [0.3, 0.4) is 0 Å². The van der Waals surface area contributed by atoms with Gasteiger partial charge in [-0.2, -0.15) is 0 Å². The predicted octanol–water partition coefficient (Wildman–Crippen LogP) is 3.13. The number of halogens is 1. The van der Waals surface area contributed by atoms with Crippen LogP contribution in [-0.4, -0.2) is 9.97 Å². The van der Waals surface area contributed by atoms with Crippen LogP contribution in [0.5, 0.6) is 11.6 Å². The first kappa shape index (κ1) is 14.2. The number of anilines is 1. The molecule has 2 aromatic rings. The molecule has 0 atom stereocenters. The van der Waals surface area contributed by atoms with Gasteiger partial charge in [-0.05, 0) is 24.5 Å². The lowest BCUT2D eigenvalue weighted by atomic mass is 10.1. The number of ether oxygens (including phenoxy) is 1. The van der Waals surface area contributed by atoms with Gasteiger partial charge in [0.1, 0.15) is 6.33 Å². The van der Waals surface area contributed by atoms with Crippen molar-refractivity contribution in [2.24, 2.45) is 5.84 Å². The quantitative estimate of drug-likeness (QED) is 0.663. The van der Waals surface area contributed by atoms with Gasteiger partial charge in [0.05, 0.1) is 5.56 Å². The Labute approximate surface area is 117 Å². The number of nitrogen functional groups attached to an aromatic ring is 1. The maximum Gasteiger partial charge on any atom is 0.228 e. The summed E-state index contributed by atoms with van der Waals surface area (Å²) in [5.41, 5.74) is 3.72. The number of aryl methyl sites for hydroxylation is 1. The highest BCUT2D eigenvalue weighted by Crippen LogP contribution is 2.33. The van der Waals surface area contributed by atoms with E-state index in [0.29, 0.717) is 22.8 Å². The number of rotatable bonds is 4. The number of nitrogens with zero attached hydrogens (tertiary/aromatic N) is 2. The lowest BCUT2D eigenvalue weighted by molar-refractivity contribution is 0.417. The second-order valence-corrected chi connectivity index (χ2v) is 4.73. The zero-order valence-electron chi connectivity index (χ0n) is 11.6. The fraction of sp³-hybridized carbons (Fsp3) is 0.286. The molecule has 0 saturated heterocycles. The normalized spacial score (nSPS) is 10.7. The van der Waals surface area contributed by atoms with Gasteiger partial charge in [0.15, 0.2) is 17.4 Å². The maximum absolute atomic E-state index is 14.0. The van der Waals surface area contributed by atoms with Gasteiger partial charge >= 0.3 is 0 Å². The highest BCUT2D eigenvalue weighted by atomic mass is 19.1. The van der Waals surface area contributed by atoms with Crippen molar-refractivity contribution in [1.29, 1.82) is 0 Å². The first-order valence-electron chi connectivity index (χ1n) is 6.29. The van der Waals surface area contributed by atoms with Crippen molar-refractivity contribution in [3.63, 3.8) is 0 Å². The Bertz CT molecular complexity index is 616. The van der Waals surface area contributed by atoms with Crippen LogP contribution < -0.4 is 16.0 Å². The third-order valence-electron chi connectivity index (χ3n) is 2.92. The van der Waals surface area contributed by atoms with Crippen LogP contribution >= 0.6 is 0 Å². The van der Waals surface area contributed by atoms with E-state index in [1.54, 1.807) is 25.1 Å². The molecule has 0 aliphatic rings. The van der Waals surface area contributed by atoms with E-state index < -0.39 is 5.82 Å². The van der Waals surface area contributed by atoms with Gasteiger partial charge in [-0.15, -0.1) is 0 Å². The van der Waals surface area contributed by atoms with Gasteiger partial charge in [-0.1, -0.05) is 26.0 Å². The molecule has 3 N–H and O–H groups in total. The number of hydrazine groups is 1. The van der Waals surface area contributed by atoms with E-state index in [4.69, 9.17) is 10.6 Å². The second-order valence-electron chi connectivity index (χ2n) is 4.73. The van der Waals surface area contributed by atoms with Crippen molar-refractivity contribution in [2.45, 2.75) is 26.7 Å². The minimum absolute atomic E-state index is 0.0742. The fourth-order valence-corrected chi connectivity index (χ4v) is 1.90. The summed E-state index contributed by atoms with van der Waals surface area (Å²) in [6.45, 7) is 5.59. The van der Waals surface area contributed by atoms with Crippen molar-refractivity contribution in [1.82, 2.24) is 9.97 Å². The lowest BCUT2D eigenvalue weighted by Crippen LogP contribution is -2.13. The topological polar surface area (TPSA) is 73.1 Å². The highest BCUT2D eigenvalue weighted by molar-refractivity contribution is 5.51. The van der Waals surface area contributed by atoms with Gasteiger partial charge in [0.2, 0.25) is 5.88 Å². The summed E-state index contributed by atoms with van der Waals surface area (Å²) in [5, 5.41) is 0. The Balaban J connectivity index is 2.46. The van der Waals surface area contributed by atoms with Crippen molar-refractivity contribution in [2.75, 3.05) is 5.43 Å². The monoisotopic (exact) mass is 276 g/mol. The zero-order chi connectivity index (χ0) is 14.7. The molecule has 1 aromatic carbocycles. The molecule has 0 bridgehead atoms. The number of nitrogens with one attached hydrogen (secondary N) is 1. The van der Waals surface area contributed by atoms with Crippen molar-refractivity contribution in [3.8, 4) is 11.6 Å². The van der Waals surface area contributed by atoms with E-state index in [9.17, 15) is 4.39 Å². The Hall–Kier alpha value is -2.21. The SMILES string of the molecule is Cc1cccc(Oc2ncnc(NN)c2C(C)C)c1F. The first-order chi connectivity index (χ1) is 9.54. The molecule has 6 heteroatoms. The smallest absolute Gasteiger partial charge is 0.228 e. The Morgan fingerprint density at radius 3 is 2.70 bits per heavy atom. The maximum atomic E-state index is 14.0. The molecular weight excluding hydrogens is 259 g/mol. The number of aromatic nitrogens is 2. The standard InChI is InChI=1S/C14H17FN4O/c1-8(2)11-13(19-16)17-7-18-14(11)20-10-6-4-5-9(3)12(10)15/h4-8H,16H2,1-3H3,(H,17,18,19). The van der Waals surface area contributed by atoms with Crippen molar-refractivity contribution in [3.05, 3.63) is 41.5 Å². The highest BCUT2D eigenvalue weighted by Gasteiger charge is 2.17. The minimum Gasteiger partial charge on any atom is -0.435 e. The van der Waals surface area contributed by atoms with E-state index >= 15 is 0 Å². The molecular formula is C14H17FN4O. The predicted molar refractivity (Wildman–Crippen MR) is 75.1 cm³/mol. The molecule has 20 heavy (non-hydrogen) atoms. The number of hydrogen-bond donors (Lipinski definition) is 2. The van der Waals surface area contributed by atoms with Crippen LogP contribution in [0, 0.1) is 12.7 Å². The molecule has 0 spiro atoms. The summed E-state index contributed by atoms with van der Waals surface area (Å²) in [6, 6.07) is 4.97. The summed E-state index contributed by atoms with van der Waals surface area (Å²) in [4.78, 5) is 8.12. The van der Waals surface area contributed by atoms with Crippen LogP contribution in [0.1, 0.15) is 30.9 Å². The number of hydrogen-bond acceptors (Lipinski definition) is 5. The first-order valence-corrected chi connectivity index (χ1v) is 6.29. The number of benzene rings is 1. The Morgan fingerprint density at radius 1 is 1.30 bits per heavy atom. The summed E-state index contributed by atoms with van der Waals surface area (Å²) in [6.07, 6.45) is 1.32. The Kier molecular flexibility index (Phi) is 4.14. The summed E-state index contributed by atoms with van der Waals surface area (Å²) in [7, 11) is 0. The largest absolute Gasteiger partial charge is 0.435 e. The molecule has 5 nitrogen and oxygen atoms in total. The van der Waals surface area contributed by atoms with E-state index in [-0.39, 0.29) is 11.7 Å². The molecule has 2 rings (SSSR count). The van der Waals surface area contributed by atoms with Crippen molar-refractivity contribution >= 4 is 5.82 Å². The molecule has 0 aliphatic carbocycles. The Morgan fingerprint density at radius 2 is 2.05 bits per heavy atom. The molecule has 0 fully saturated rings. The van der Waals surface area contributed by atoms with Crippen LogP contribution in [-0.2, 0) is 0 Å². The van der Waals surface area contributed by atoms with Crippen molar-refractivity contribution < 1.29 is 9.13 Å². The minimum atomic E-state index is -0.400. The summed E-state index contributed by atoms with van der Waals surface area (Å²) in [5.74, 6) is 6.01. The molecule has 106 valence electrons. The average Bonchev–Trinajstić information content (AvgIpc) is 2.43. The molecule has 1 aromatic heterocycles. The van der Waals surface area contributed by atoms with Crippen LogP contribution in [0.25, 0.3) is 0 Å². The molecule has 0 unspecified atom stereocenters. The van der Waals surface area contributed by atoms with Crippen LogP contribution in [0.4, 0.5) is 10.2 Å². The molecule has 0 amide bonds. The van der Waals surface area contributed by atoms with E-state index in [1.165, 1.54) is 6.33 Å². The molecule has 0 aliphatic heterocycles. The van der Waals surface area contributed by atoms with E-state index in [1.807, 2.05) is 13.8 Å². The van der Waals surface area contributed by atoms with Crippen LogP contribution in [0.15, 0.2) is 24.5 Å². The third kappa shape index (κ3) is 2.70. The molecule has 0 radical (unpaired) electrons. The molecule has 0 saturated carbocycles. The van der Waals surface area contributed by atoms with Gasteiger partial charge < -0.3 is 10.2 Å². The molecule has 1 heterocycles. The average molecular weight is 276 g/mol. The van der Waals surface area contributed by atoms with Crippen LogP contribution in [0.2, 0.25) is 0 Å². The summed E-state index contributed by atoms with van der Waals surface area (Å²) >= 11 is 0. The van der Waals surface area contributed by atoms with E-state index in [2.05, 4.69) is 15.4 Å². The number of nitrogens with two attached hydrogens (primary N) is 1. The third-order valence-corrected chi connectivity index (χ3v) is 2.92. The van der Waals surface area contributed by atoms with Gasteiger partial charge in [0.25, 0.3) is 0 Å². The zero-order valence-corrected chi connectivity index (χ0v) is 11.6. The fourth-order valence-electron chi connectivity index (χ4n) is 1.90.